The van der Waals surface area contributed by atoms with Crippen molar-refractivity contribution in [1.29, 1.82) is 0 Å². The van der Waals surface area contributed by atoms with Gasteiger partial charge in [0, 0.05) is 12.0 Å². The average Bonchev–Trinajstić information content (AvgIpc) is 2.27. The van der Waals surface area contributed by atoms with Crippen molar-refractivity contribution in [3.8, 4) is 11.5 Å². The van der Waals surface area contributed by atoms with Gasteiger partial charge in [-0.25, -0.2) is 0 Å². The molecule has 0 N–H and O–H groups in total. The van der Waals surface area contributed by atoms with Crippen molar-refractivity contribution in [3.05, 3.63) is 23.3 Å². The molecule has 3 heteroatoms. The molecule has 2 rings (SSSR count). The zero-order chi connectivity index (χ0) is 11.7. The summed E-state index contributed by atoms with van der Waals surface area (Å²) in [5.41, 5.74) is 2.42. The van der Waals surface area contributed by atoms with Crippen LogP contribution in [0.25, 0.3) is 0 Å². The predicted octanol–water partition coefficient (Wildman–Crippen LogP) is 2.73. The van der Waals surface area contributed by atoms with E-state index in [0.29, 0.717) is 0 Å². The molecule has 16 heavy (non-hydrogen) atoms. The molecular formula is C13H18O3. The van der Waals surface area contributed by atoms with Crippen molar-refractivity contribution in [2.45, 2.75) is 32.5 Å². The number of methoxy groups -OCH3 is 2. The summed E-state index contributed by atoms with van der Waals surface area (Å²) in [7, 11) is 3.35. The summed E-state index contributed by atoms with van der Waals surface area (Å²) < 4.78 is 16.5. The molecule has 0 fully saturated rings. The molecular weight excluding hydrogens is 204 g/mol. The van der Waals surface area contributed by atoms with Crippen LogP contribution in [0.4, 0.5) is 0 Å². The smallest absolute Gasteiger partial charge is 0.164 e. The summed E-state index contributed by atoms with van der Waals surface area (Å²) in [5.74, 6) is 1.64. The van der Waals surface area contributed by atoms with Gasteiger partial charge < -0.3 is 14.2 Å². The third-order valence-corrected chi connectivity index (χ3v) is 3.05. The highest BCUT2D eigenvalue weighted by Crippen LogP contribution is 2.40. The first-order chi connectivity index (χ1) is 7.67. The van der Waals surface area contributed by atoms with E-state index in [0.717, 1.165) is 17.9 Å². The predicted molar refractivity (Wildman–Crippen MR) is 62.2 cm³/mol. The van der Waals surface area contributed by atoms with Crippen LogP contribution in [-0.4, -0.2) is 20.3 Å². The van der Waals surface area contributed by atoms with E-state index in [1.54, 1.807) is 14.2 Å². The molecule has 3 nitrogen and oxygen atoms in total. The SMILES string of the molecule is COc1ccc2c(c1OC)C[C@@H](C)O[C@@H]2C. The molecule has 1 aliphatic heterocycles. The molecule has 0 saturated carbocycles. The van der Waals surface area contributed by atoms with Gasteiger partial charge in [-0.05, 0) is 25.5 Å². The van der Waals surface area contributed by atoms with Gasteiger partial charge >= 0.3 is 0 Å². The Kier molecular flexibility index (Phi) is 3.06. The van der Waals surface area contributed by atoms with Gasteiger partial charge in [-0.15, -0.1) is 0 Å². The molecule has 88 valence electrons. The minimum atomic E-state index is 0.124. The molecule has 0 spiro atoms. The van der Waals surface area contributed by atoms with E-state index in [1.165, 1.54) is 11.1 Å². The van der Waals surface area contributed by atoms with Gasteiger partial charge in [-0.1, -0.05) is 6.07 Å². The van der Waals surface area contributed by atoms with Crippen LogP contribution >= 0.6 is 0 Å². The minimum absolute atomic E-state index is 0.124. The van der Waals surface area contributed by atoms with E-state index in [2.05, 4.69) is 19.9 Å². The van der Waals surface area contributed by atoms with Crippen molar-refractivity contribution in [2.24, 2.45) is 0 Å². The molecule has 0 unspecified atom stereocenters. The average molecular weight is 222 g/mol. The number of fused-ring (bicyclic) bond motifs is 1. The topological polar surface area (TPSA) is 27.7 Å². The standard InChI is InChI=1S/C13H18O3/c1-8-7-11-10(9(2)16-8)5-6-12(14-3)13(11)15-4/h5-6,8-9H,7H2,1-4H3/t8-,9-/m1/s1. The summed E-state index contributed by atoms with van der Waals surface area (Å²) in [4.78, 5) is 0. The molecule has 1 aromatic carbocycles. The van der Waals surface area contributed by atoms with E-state index >= 15 is 0 Å². The van der Waals surface area contributed by atoms with Gasteiger partial charge in [-0.3, -0.25) is 0 Å². The molecule has 0 aliphatic carbocycles. The Bertz CT molecular complexity index is 387. The van der Waals surface area contributed by atoms with Crippen LogP contribution in [0.3, 0.4) is 0 Å². The monoisotopic (exact) mass is 222 g/mol. The Hall–Kier alpha value is -1.22. The highest BCUT2D eigenvalue weighted by atomic mass is 16.5. The van der Waals surface area contributed by atoms with Crippen molar-refractivity contribution >= 4 is 0 Å². The first-order valence-corrected chi connectivity index (χ1v) is 5.56. The molecule has 2 atom stereocenters. The lowest BCUT2D eigenvalue weighted by molar-refractivity contribution is -0.00543. The van der Waals surface area contributed by atoms with Crippen LogP contribution in [0.1, 0.15) is 31.1 Å². The normalized spacial score (nSPS) is 23.8. The van der Waals surface area contributed by atoms with Crippen molar-refractivity contribution < 1.29 is 14.2 Å². The van der Waals surface area contributed by atoms with Crippen LogP contribution in [0.2, 0.25) is 0 Å². The van der Waals surface area contributed by atoms with Gasteiger partial charge in [0.15, 0.2) is 11.5 Å². The fourth-order valence-electron chi connectivity index (χ4n) is 2.35. The second kappa shape index (κ2) is 4.34. The molecule has 0 bridgehead atoms. The lowest BCUT2D eigenvalue weighted by Crippen LogP contribution is -2.22. The molecule has 0 aromatic heterocycles. The largest absolute Gasteiger partial charge is 0.493 e. The maximum atomic E-state index is 5.79. The highest BCUT2D eigenvalue weighted by Gasteiger charge is 2.26. The fourth-order valence-corrected chi connectivity index (χ4v) is 2.35. The van der Waals surface area contributed by atoms with Gasteiger partial charge in [0.1, 0.15) is 0 Å². The van der Waals surface area contributed by atoms with E-state index in [9.17, 15) is 0 Å². The van der Waals surface area contributed by atoms with E-state index < -0.39 is 0 Å². The van der Waals surface area contributed by atoms with Crippen molar-refractivity contribution in [2.75, 3.05) is 14.2 Å². The molecule has 0 saturated heterocycles. The number of ether oxygens (including phenoxy) is 3. The number of hydrogen-bond acceptors (Lipinski definition) is 3. The quantitative estimate of drug-likeness (QED) is 0.770. The third-order valence-electron chi connectivity index (χ3n) is 3.05. The third kappa shape index (κ3) is 1.76. The number of hydrogen-bond donors (Lipinski definition) is 0. The van der Waals surface area contributed by atoms with E-state index in [4.69, 9.17) is 14.2 Å². The van der Waals surface area contributed by atoms with Crippen LogP contribution in [0, 0.1) is 0 Å². The van der Waals surface area contributed by atoms with Crippen LogP contribution < -0.4 is 9.47 Å². The summed E-state index contributed by atoms with van der Waals surface area (Å²) in [6.45, 7) is 4.15. The number of benzene rings is 1. The van der Waals surface area contributed by atoms with Crippen LogP contribution in [0.5, 0.6) is 11.5 Å². The molecule has 1 aromatic rings. The Morgan fingerprint density at radius 1 is 1.19 bits per heavy atom. The number of rotatable bonds is 2. The second-order valence-corrected chi connectivity index (χ2v) is 4.16. The minimum Gasteiger partial charge on any atom is -0.493 e. The van der Waals surface area contributed by atoms with E-state index in [-0.39, 0.29) is 12.2 Å². The first kappa shape index (κ1) is 11.3. The second-order valence-electron chi connectivity index (χ2n) is 4.16. The zero-order valence-electron chi connectivity index (χ0n) is 10.2. The molecule has 1 aliphatic rings. The van der Waals surface area contributed by atoms with Crippen molar-refractivity contribution in [3.63, 3.8) is 0 Å². The summed E-state index contributed by atoms with van der Waals surface area (Å²) in [6, 6.07) is 4.00. The Morgan fingerprint density at radius 2 is 1.94 bits per heavy atom. The summed E-state index contributed by atoms with van der Waals surface area (Å²) in [5, 5.41) is 0. The van der Waals surface area contributed by atoms with Gasteiger partial charge in [0.05, 0.1) is 26.4 Å². The summed E-state index contributed by atoms with van der Waals surface area (Å²) in [6.07, 6.45) is 1.22. The van der Waals surface area contributed by atoms with Gasteiger partial charge in [0.25, 0.3) is 0 Å². The maximum absolute atomic E-state index is 5.79. The zero-order valence-corrected chi connectivity index (χ0v) is 10.2. The molecule has 0 amide bonds. The Morgan fingerprint density at radius 3 is 2.56 bits per heavy atom. The molecule has 0 radical (unpaired) electrons. The van der Waals surface area contributed by atoms with Crippen LogP contribution in [-0.2, 0) is 11.2 Å². The van der Waals surface area contributed by atoms with E-state index in [1.807, 2.05) is 6.07 Å². The summed E-state index contributed by atoms with van der Waals surface area (Å²) >= 11 is 0. The lowest BCUT2D eigenvalue weighted by Gasteiger charge is -2.30. The highest BCUT2D eigenvalue weighted by molar-refractivity contribution is 5.52. The van der Waals surface area contributed by atoms with Crippen molar-refractivity contribution in [1.82, 2.24) is 0 Å². The maximum Gasteiger partial charge on any atom is 0.164 e. The lowest BCUT2D eigenvalue weighted by atomic mass is 9.94. The van der Waals surface area contributed by atoms with Gasteiger partial charge in [0.2, 0.25) is 0 Å². The fraction of sp³-hybridized carbons (Fsp3) is 0.538. The Labute approximate surface area is 96.3 Å². The van der Waals surface area contributed by atoms with Crippen LogP contribution in [0.15, 0.2) is 12.1 Å². The van der Waals surface area contributed by atoms with Gasteiger partial charge in [-0.2, -0.15) is 0 Å². The first-order valence-electron chi connectivity index (χ1n) is 5.56. The Balaban J connectivity index is 2.53. The molecule has 1 heterocycles.